The molecule has 108 valence electrons. The lowest BCUT2D eigenvalue weighted by atomic mass is 10.1. The van der Waals surface area contributed by atoms with Crippen LogP contribution in [0.25, 0.3) is 0 Å². The van der Waals surface area contributed by atoms with Gasteiger partial charge in [0.15, 0.2) is 5.57 Å². The maximum atomic E-state index is 12.2. The molecular weight excluding hydrogens is 258 g/mol. The van der Waals surface area contributed by atoms with E-state index in [1.807, 2.05) is 0 Å². The van der Waals surface area contributed by atoms with Gasteiger partial charge in [-0.15, -0.1) is 0 Å². The highest BCUT2D eigenvalue weighted by Crippen LogP contribution is 2.27. The lowest BCUT2D eigenvalue weighted by molar-refractivity contribution is 0.0212. The Labute approximate surface area is 119 Å². The summed E-state index contributed by atoms with van der Waals surface area (Å²) in [6.07, 6.45) is 0.973. The van der Waals surface area contributed by atoms with Gasteiger partial charge < -0.3 is 9.47 Å². The summed E-state index contributed by atoms with van der Waals surface area (Å²) in [7, 11) is 1.40. The zero-order valence-electron chi connectivity index (χ0n) is 12.3. The molecule has 1 fully saturated rings. The average Bonchev–Trinajstić information content (AvgIpc) is 2.82. The first-order valence-electron chi connectivity index (χ1n) is 6.42. The summed E-state index contributed by atoms with van der Waals surface area (Å²) in [4.78, 5) is 13.7. The molecule has 6 nitrogen and oxygen atoms in total. The minimum absolute atomic E-state index is 0.104. The molecule has 0 bridgehead atoms. The standard InChI is InChI=1S/C14H19N3O3/c1-14(2,3)20-13(18)17-7-5-6-11(17)12(19-4)10(8-15)9-16/h11H,5-7H2,1-4H3. The Balaban J connectivity index is 3.01. The molecule has 0 aromatic heterocycles. The van der Waals surface area contributed by atoms with Crippen molar-refractivity contribution in [2.45, 2.75) is 45.3 Å². The molecule has 0 saturated carbocycles. The number of carbonyl (C=O) groups is 1. The van der Waals surface area contributed by atoms with Crippen LogP contribution in [0.3, 0.4) is 0 Å². The van der Waals surface area contributed by atoms with Crippen LogP contribution in [-0.4, -0.2) is 36.3 Å². The number of nitrogens with zero attached hydrogens (tertiary/aromatic N) is 3. The van der Waals surface area contributed by atoms with Crippen LogP contribution in [0.5, 0.6) is 0 Å². The van der Waals surface area contributed by atoms with Gasteiger partial charge >= 0.3 is 6.09 Å². The minimum atomic E-state index is -0.589. The van der Waals surface area contributed by atoms with E-state index in [-0.39, 0.29) is 11.3 Å². The molecule has 1 saturated heterocycles. The van der Waals surface area contributed by atoms with Crippen LogP contribution >= 0.6 is 0 Å². The van der Waals surface area contributed by atoms with Gasteiger partial charge in [-0.1, -0.05) is 0 Å². The van der Waals surface area contributed by atoms with Crippen molar-refractivity contribution in [1.29, 1.82) is 10.5 Å². The molecule has 1 aliphatic heterocycles. The minimum Gasteiger partial charge on any atom is -0.497 e. The normalized spacial score (nSPS) is 17.9. The summed E-state index contributed by atoms with van der Waals surface area (Å²) in [5.74, 6) is 0.235. The van der Waals surface area contributed by atoms with E-state index >= 15 is 0 Å². The van der Waals surface area contributed by atoms with Crippen molar-refractivity contribution in [3.05, 3.63) is 11.3 Å². The fraction of sp³-hybridized carbons (Fsp3) is 0.643. The third-order valence-corrected chi connectivity index (χ3v) is 2.87. The van der Waals surface area contributed by atoms with Gasteiger partial charge in [-0.2, -0.15) is 10.5 Å². The van der Waals surface area contributed by atoms with Gasteiger partial charge in [0.2, 0.25) is 0 Å². The fourth-order valence-corrected chi connectivity index (χ4v) is 2.12. The molecule has 0 radical (unpaired) electrons. The molecule has 0 spiro atoms. The Hall–Kier alpha value is -2.21. The third-order valence-electron chi connectivity index (χ3n) is 2.87. The first kappa shape index (κ1) is 15.8. The highest BCUT2D eigenvalue weighted by molar-refractivity contribution is 5.69. The number of allylic oxidation sites excluding steroid dienone is 1. The maximum Gasteiger partial charge on any atom is 0.410 e. The first-order valence-corrected chi connectivity index (χ1v) is 6.42. The topological polar surface area (TPSA) is 86.4 Å². The molecule has 0 aliphatic carbocycles. The van der Waals surface area contributed by atoms with Gasteiger partial charge in [-0.25, -0.2) is 4.79 Å². The molecule has 1 atom stereocenters. The van der Waals surface area contributed by atoms with Crippen LogP contribution in [0.4, 0.5) is 4.79 Å². The van der Waals surface area contributed by atoms with Crippen molar-refractivity contribution in [3.63, 3.8) is 0 Å². The van der Waals surface area contributed by atoms with Crippen molar-refractivity contribution in [3.8, 4) is 12.1 Å². The predicted octanol–water partition coefficient (Wildman–Crippen LogP) is 2.33. The molecule has 20 heavy (non-hydrogen) atoms. The average molecular weight is 277 g/mol. The fourth-order valence-electron chi connectivity index (χ4n) is 2.12. The van der Waals surface area contributed by atoms with Gasteiger partial charge in [0.25, 0.3) is 0 Å². The molecule has 1 amide bonds. The second kappa shape index (κ2) is 6.29. The number of carbonyl (C=O) groups excluding carboxylic acids is 1. The number of likely N-dealkylation sites (tertiary alicyclic amines) is 1. The van der Waals surface area contributed by atoms with E-state index in [0.717, 1.165) is 6.42 Å². The Kier molecular flexibility index (Phi) is 4.99. The number of rotatable bonds is 2. The van der Waals surface area contributed by atoms with Crippen LogP contribution in [0, 0.1) is 22.7 Å². The quantitative estimate of drug-likeness (QED) is 0.571. The second-order valence-corrected chi connectivity index (χ2v) is 5.50. The van der Waals surface area contributed by atoms with Crippen molar-refractivity contribution in [2.24, 2.45) is 0 Å². The van der Waals surface area contributed by atoms with E-state index in [0.29, 0.717) is 13.0 Å². The number of hydrogen-bond donors (Lipinski definition) is 0. The molecule has 1 rings (SSSR count). The molecule has 1 unspecified atom stereocenters. The Morgan fingerprint density at radius 1 is 1.30 bits per heavy atom. The zero-order chi connectivity index (χ0) is 15.3. The smallest absolute Gasteiger partial charge is 0.410 e. The van der Waals surface area contributed by atoms with Gasteiger partial charge in [0.1, 0.15) is 23.5 Å². The highest BCUT2D eigenvalue weighted by Gasteiger charge is 2.36. The summed E-state index contributed by atoms with van der Waals surface area (Å²) < 4.78 is 10.5. The van der Waals surface area contributed by atoms with Crippen LogP contribution in [-0.2, 0) is 9.47 Å². The Morgan fingerprint density at radius 3 is 2.35 bits per heavy atom. The molecule has 0 aromatic carbocycles. The molecule has 0 N–H and O–H groups in total. The number of methoxy groups -OCH3 is 1. The van der Waals surface area contributed by atoms with Crippen molar-refractivity contribution < 1.29 is 14.3 Å². The van der Waals surface area contributed by atoms with Crippen LogP contribution in [0.2, 0.25) is 0 Å². The zero-order valence-corrected chi connectivity index (χ0v) is 12.3. The molecule has 6 heteroatoms. The number of amides is 1. The molecule has 1 aliphatic rings. The molecular formula is C14H19N3O3. The van der Waals surface area contributed by atoms with E-state index in [1.54, 1.807) is 32.9 Å². The summed E-state index contributed by atoms with van der Waals surface area (Å²) in [6, 6.07) is 3.19. The number of ether oxygens (including phenoxy) is 2. The highest BCUT2D eigenvalue weighted by atomic mass is 16.6. The van der Waals surface area contributed by atoms with Crippen LogP contribution in [0.15, 0.2) is 11.3 Å². The summed E-state index contributed by atoms with van der Waals surface area (Å²) in [6.45, 7) is 5.90. The van der Waals surface area contributed by atoms with E-state index in [9.17, 15) is 4.79 Å². The van der Waals surface area contributed by atoms with Crippen molar-refractivity contribution in [2.75, 3.05) is 13.7 Å². The SMILES string of the molecule is COC(=C(C#N)C#N)C1CCCN1C(=O)OC(C)(C)C. The molecule has 1 heterocycles. The van der Waals surface area contributed by atoms with Crippen LogP contribution in [0.1, 0.15) is 33.6 Å². The summed E-state index contributed by atoms with van der Waals surface area (Å²) in [5.41, 5.74) is -0.693. The lowest BCUT2D eigenvalue weighted by Gasteiger charge is -2.29. The Bertz CT molecular complexity index is 475. The van der Waals surface area contributed by atoms with E-state index in [1.165, 1.54) is 12.0 Å². The monoisotopic (exact) mass is 277 g/mol. The second-order valence-electron chi connectivity index (χ2n) is 5.50. The van der Waals surface area contributed by atoms with Crippen molar-refractivity contribution >= 4 is 6.09 Å². The van der Waals surface area contributed by atoms with E-state index in [4.69, 9.17) is 20.0 Å². The van der Waals surface area contributed by atoms with Crippen molar-refractivity contribution in [1.82, 2.24) is 4.90 Å². The summed E-state index contributed by atoms with van der Waals surface area (Å²) >= 11 is 0. The Morgan fingerprint density at radius 2 is 1.90 bits per heavy atom. The van der Waals surface area contributed by atoms with Gasteiger partial charge in [0, 0.05) is 6.54 Å². The lowest BCUT2D eigenvalue weighted by Crippen LogP contribution is -2.41. The number of hydrogen-bond acceptors (Lipinski definition) is 5. The predicted molar refractivity (Wildman–Crippen MR) is 71.2 cm³/mol. The number of nitriles is 2. The molecule has 0 aromatic rings. The largest absolute Gasteiger partial charge is 0.497 e. The van der Waals surface area contributed by atoms with Gasteiger partial charge in [-0.05, 0) is 33.6 Å². The van der Waals surface area contributed by atoms with E-state index in [2.05, 4.69) is 0 Å². The third kappa shape index (κ3) is 3.64. The van der Waals surface area contributed by atoms with Crippen LogP contribution < -0.4 is 0 Å². The van der Waals surface area contributed by atoms with E-state index < -0.39 is 17.7 Å². The summed E-state index contributed by atoms with van der Waals surface area (Å²) in [5, 5.41) is 17.9. The first-order chi connectivity index (χ1) is 9.34. The maximum absolute atomic E-state index is 12.2. The van der Waals surface area contributed by atoms with Gasteiger partial charge in [-0.3, -0.25) is 4.90 Å². The van der Waals surface area contributed by atoms with Gasteiger partial charge in [0.05, 0.1) is 13.2 Å².